The summed E-state index contributed by atoms with van der Waals surface area (Å²) in [6.07, 6.45) is 1.15. The van der Waals surface area contributed by atoms with Crippen LogP contribution in [0.4, 0.5) is 0 Å². The van der Waals surface area contributed by atoms with Crippen molar-refractivity contribution in [1.29, 1.82) is 0 Å². The van der Waals surface area contributed by atoms with Crippen LogP contribution in [0, 0.1) is 10.8 Å². The predicted octanol–water partition coefficient (Wildman–Crippen LogP) is 2.84. The van der Waals surface area contributed by atoms with E-state index in [2.05, 4.69) is 46.2 Å². The van der Waals surface area contributed by atoms with Crippen molar-refractivity contribution in [1.82, 2.24) is 0 Å². The summed E-state index contributed by atoms with van der Waals surface area (Å²) in [5, 5.41) is 0. The van der Waals surface area contributed by atoms with E-state index in [-0.39, 0.29) is 11.2 Å². The summed E-state index contributed by atoms with van der Waals surface area (Å²) in [5.41, 5.74) is 6.02. The van der Waals surface area contributed by atoms with E-state index in [9.17, 15) is 0 Å². The molecule has 16 heavy (non-hydrogen) atoms. The summed E-state index contributed by atoms with van der Waals surface area (Å²) in [6, 6.07) is 0. The number of nitrogens with two attached hydrogens (primary N) is 1. The standard InChI is InChI=1S/C11H25NO.CHClO/c1-6-10(2,3)8-13-9-11(4,5)7-12;2-1-3/h6-9,12H2,1-5H3;1H. The van der Waals surface area contributed by atoms with Crippen molar-refractivity contribution in [2.45, 2.75) is 41.0 Å². The van der Waals surface area contributed by atoms with E-state index < -0.39 is 0 Å². The minimum absolute atomic E-state index is 0.115. The van der Waals surface area contributed by atoms with Crippen LogP contribution in [0.1, 0.15) is 41.0 Å². The van der Waals surface area contributed by atoms with Crippen LogP contribution in [-0.4, -0.2) is 25.5 Å². The second-order valence-corrected chi connectivity index (χ2v) is 5.65. The zero-order chi connectivity index (χ0) is 13.2. The first kappa shape index (κ1) is 18.3. The van der Waals surface area contributed by atoms with Crippen molar-refractivity contribution in [2.24, 2.45) is 16.6 Å². The number of rotatable bonds is 6. The molecule has 0 aliphatic heterocycles. The van der Waals surface area contributed by atoms with Crippen LogP contribution in [-0.2, 0) is 9.53 Å². The average molecular weight is 252 g/mol. The van der Waals surface area contributed by atoms with Gasteiger partial charge in [0.2, 0.25) is 5.75 Å². The van der Waals surface area contributed by atoms with Crippen LogP contribution in [0.2, 0.25) is 0 Å². The first-order valence-electron chi connectivity index (χ1n) is 5.56. The molecular formula is C12H26ClNO2. The van der Waals surface area contributed by atoms with Crippen LogP contribution in [0.15, 0.2) is 0 Å². The van der Waals surface area contributed by atoms with Crippen molar-refractivity contribution in [3.05, 3.63) is 0 Å². The maximum absolute atomic E-state index is 8.57. The first-order chi connectivity index (χ1) is 7.24. The molecule has 0 amide bonds. The SMILES string of the molecule is CCC(C)(C)COCC(C)(C)CN.O=CCl. The lowest BCUT2D eigenvalue weighted by atomic mass is 9.91. The molecule has 0 radical (unpaired) electrons. The summed E-state index contributed by atoms with van der Waals surface area (Å²) in [4.78, 5) is 8.57. The van der Waals surface area contributed by atoms with E-state index in [1.165, 1.54) is 0 Å². The largest absolute Gasteiger partial charge is 0.380 e. The molecule has 0 aliphatic carbocycles. The van der Waals surface area contributed by atoms with Crippen molar-refractivity contribution in [3.8, 4) is 0 Å². The number of hydrogen-bond acceptors (Lipinski definition) is 3. The van der Waals surface area contributed by atoms with Crippen LogP contribution >= 0.6 is 11.6 Å². The topological polar surface area (TPSA) is 52.3 Å². The lowest BCUT2D eigenvalue weighted by Crippen LogP contribution is -2.31. The third-order valence-electron chi connectivity index (χ3n) is 2.50. The molecule has 0 fully saturated rings. The maximum Gasteiger partial charge on any atom is 0.208 e. The molecule has 4 heteroatoms. The Hall–Kier alpha value is -0.120. The summed E-state index contributed by atoms with van der Waals surface area (Å²) in [5.74, 6) is 0.222. The van der Waals surface area contributed by atoms with Gasteiger partial charge in [-0.25, -0.2) is 0 Å². The van der Waals surface area contributed by atoms with Gasteiger partial charge in [-0.3, -0.25) is 4.79 Å². The third-order valence-corrected chi connectivity index (χ3v) is 2.50. The van der Waals surface area contributed by atoms with Gasteiger partial charge in [-0.15, -0.1) is 0 Å². The Bertz CT molecular complexity index is 166. The molecule has 0 saturated carbocycles. The highest BCUT2D eigenvalue weighted by Gasteiger charge is 2.19. The van der Waals surface area contributed by atoms with E-state index in [4.69, 9.17) is 15.3 Å². The second kappa shape index (κ2) is 8.97. The molecular weight excluding hydrogens is 226 g/mol. The molecule has 0 bridgehead atoms. The molecule has 98 valence electrons. The Morgan fingerprint density at radius 1 is 1.19 bits per heavy atom. The average Bonchev–Trinajstić information content (AvgIpc) is 2.18. The van der Waals surface area contributed by atoms with Crippen LogP contribution in [0.3, 0.4) is 0 Å². The molecule has 0 aromatic carbocycles. The monoisotopic (exact) mass is 251 g/mol. The smallest absolute Gasteiger partial charge is 0.208 e. The molecule has 0 aromatic heterocycles. The van der Waals surface area contributed by atoms with Crippen molar-refractivity contribution < 1.29 is 9.53 Å². The molecule has 0 heterocycles. The van der Waals surface area contributed by atoms with Gasteiger partial charge in [-0.05, 0) is 30.0 Å². The molecule has 3 nitrogen and oxygen atoms in total. The number of ether oxygens (including phenoxy) is 1. The van der Waals surface area contributed by atoms with Gasteiger partial charge in [-0.1, -0.05) is 34.6 Å². The maximum atomic E-state index is 8.57. The van der Waals surface area contributed by atoms with E-state index in [1.807, 2.05) is 0 Å². The second-order valence-electron chi connectivity index (χ2n) is 5.47. The summed E-state index contributed by atoms with van der Waals surface area (Å²) in [6.45, 7) is 13.2. The summed E-state index contributed by atoms with van der Waals surface area (Å²) >= 11 is 4.32. The number of hydrogen-bond donors (Lipinski definition) is 1. The number of halogens is 1. The van der Waals surface area contributed by atoms with Crippen LogP contribution in [0.5, 0.6) is 0 Å². The predicted molar refractivity (Wildman–Crippen MR) is 70.3 cm³/mol. The Balaban J connectivity index is 0. The molecule has 0 unspecified atom stereocenters. The summed E-state index contributed by atoms with van der Waals surface area (Å²) < 4.78 is 5.66. The highest BCUT2D eigenvalue weighted by Crippen LogP contribution is 2.21. The molecule has 0 spiro atoms. The molecule has 2 N–H and O–H groups in total. The molecule has 0 atom stereocenters. The van der Waals surface area contributed by atoms with E-state index in [0.717, 1.165) is 19.6 Å². The Kier molecular flexibility index (Phi) is 10.2. The van der Waals surface area contributed by atoms with E-state index in [1.54, 1.807) is 0 Å². The lowest BCUT2D eigenvalue weighted by Gasteiger charge is -2.27. The highest BCUT2D eigenvalue weighted by atomic mass is 35.5. The van der Waals surface area contributed by atoms with Gasteiger partial charge in [0.05, 0.1) is 13.2 Å². The summed E-state index contributed by atoms with van der Waals surface area (Å²) in [7, 11) is 0. The lowest BCUT2D eigenvalue weighted by molar-refractivity contribution is 0.0168. The fourth-order valence-corrected chi connectivity index (χ4v) is 0.765. The van der Waals surface area contributed by atoms with Crippen LogP contribution in [0.25, 0.3) is 0 Å². The Morgan fingerprint density at radius 2 is 1.56 bits per heavy atom. The fraction of sp³-hybridized carbons (Fsp3) is 0.917. The third kappa shape index (κ3) is 12.0. The van der Waals surface area contributed by atoms with Gasteiger partial charge in [0.15, 0.2) is 0 Å². The molecule has 0 aliphatic rings. The van der Waals surface area contributed by atoms with Gasteiger partial charge in [-0.2, -0.15) is 0 Å². The van der Waals surface area contributed by atoms with Crippen molar-refractivity contribution >= 4 is 17.3 Å². The van der Waals surface area contributed by atoms with Crippen molar-refractivity contribution in [2.75, 3.05) is 19.8 Å². The minimum atomic E-state index is 0.115. The Morgan fingerprint density at radius 3 is 1.88 bits per heavy atom. The van der Waals surface area contributed by atoms with Gasteiger partial charge < -0.3 is 10.5 Å². The molecule has 0 aromatic rings. The van der Waals surface area contributed by atoms with Gasteiger partial charge in [0.1, 0.15) is 0 Å². The zero-order valence-corrected chi connectivity index (χ0v) is 11.9. The minimum Gasteiger partial charge on any atom is -0.380 e. The van der Waals surface area contributed by atoms with Gasteiger partial charge >= 0.3 is 0 Å². The molecule has 0 saturated heterocycles. The van der Waals surface area contributed by atoms with Crippen LogP contribution < -0.4 is 5.73 Å². The fourth-order valence-electron chi connectivity index (χ4n) is 0.765. The normalized spacial score (nSPS) is 11.7. The zero-order valence-electron chi connectivity index (χ0n) is 11.2. The van der Waals surface area contributed by atoms with Gasteiger partial charge in [0, 0.05) is 5.41 Å². The van der Waals surface area contributed by atoms with Gasteiger partial charge in [0.25, 0.3) is 0 Å². The Labute approximate surface area is 105 Å². The quantitative estimate of drug-likeness (QED) is 0.583. The van der Waals surface area contributed by atoms with E-state index in [0.29, 0.717) is 12.0 Å². The number of carbonyl (C=O) groups is 1. The highest BCUT2D eigenvalue weighted by molar-refractivity contribution is 6.54. The van der Waals surface area contributed by atoms with Crippen molar-refractivity contribution in [3.63, 3.8) is 0 Å². The molecule has 0 rings (SSSR count). The van der Waals surface area contributed by atoms with E-state index >= 15 is 0 Å². The number of carbonyl (C=O) groups excluding carboxylic acids is 1. The first-order valence-corrected chi connectivity index (χ1v) is 6.00.